The fourth-order valence-electron chi connectivity index (χ4n) is 10.4. The normalized spacial score (nSPS) is 14.5. The molecule has 0 aromatic rings. The number of hydrogen-bond acceptors (Lipinski definition) is 15. The molecule has 5 unspecified atom stereocenters. The van der Waals surface area contributed by atoms with Gasteiger partial charge in [0.1, 0.15) is 19.3 Å². The van der Waals surface area contributed by atoms with Gasteiger partial charge in [0.25, 0.3) is 0 Å². The van der Waals surface area contributed by atoms with Crippen molar-refractivity contribution in [3.63, 3.8) is 0 Å². The van der Waals surface area contributed by atoms with Crippen molar-refractivity contribution in [3.05, 3.63) is 122 Å². The first-order valence-electron chi connectivity index (χ1n) is 39.8. The molecule has 586 valence electrons. The SMILES string of the molecule is CC/C=C\C/C=C\C/C=C\CCCCCCCCCC(=O)OCC(COP(=O)(O)OCC(O)COP(=O)(O)OCC(COC(=O)CCCCCCC/C=C\C/C=C\CCCCC)OC(=O)CCCCCCC/C=C\C/C=C\CCC)OC(=O)CCCCCCCCC/C=C\C/C=C\C/C=C\CC. The molecule has 0 heterocycles. The Morgan fingerprint density at radius 3 is 0.824 bits per heavy atom. The number of esters is 4. The van der Waals surface area contributed by atoms with Crippen molar-refractivity contribution in [3.8, 4) is 0 Å². The fraction of sp³-hybridized carbons (Fsp3) is 0.711. The van der Waals surface area contributed by atoms with Crippen molar-refractivity contribution in [1.82, 2.24) is 0 Å². The van der Waals surface area contributed by atoms with Gasteiger partial charge in [0.15, 0.2) is 12.2 Å². The molecular weight excluding hydrogens is 1330 g/mol. The summed E-state index contributed by atoms with van der Waals surface area (Å²) in [6.07, 6.45) is 81.7. The zero-order valence-corrected chi connectivity index (χ0v) is 65.8. The minimum absolute atomic E-state index is 0.0742. The van der Waals surface area contributed by atoms with Gasteiger partial charge >= 0.3 is 39.5 Å². The van der Waals surface area contributed by atoms with Gasteiger partial charge in [-0.3, -0.25) is 37.3 Å². The number of carbonyl (C=O) groups is 4. The number of phosphoric acid groups is 2. The van der Waals surface area contributed by atoms with Gasteiger partial charge < -0.3 is 33.8 Å². The predicted octanol–water partition coefficient (Wildman–Crippen LogP) is 23.1. The number of aliphatic hydroxyl groups excluding tert-OH is 1. The van der Waals surface area contributed by atoms with E-state index in [1.165, 1.54) is 19.3 Å². The highest BCUT2D eigenvalue weighted by Crippen LogP contribution is 2.45. The van der Waals surface area contributed by atoms with E-state index >= 15 is 0 Å². The monoisotopic (exact) mass is 1470 g/mol. The molecule has 0 aromatic carbocycles. The zero-order valence-electron chi connectivity index (χ0n) is 64.0. The standard InChI is InChI=1S/C83H142O17P2/c1-5-9-13-17-21-25-29-33-36-38-41-45-48-52-56-60-64-68-81(86)94-74-79(100-83(88)70-66-62-58-54-50-46-42-39-37-34-30-26-22-18-14-10-6-2)76-98-102(91,92)96-72-77(84)71-95-101(89,90)97-75-78(99-82(87)69-65-61-57-53-49-43-32-28-24-20-16-12-8-4)73-93-80(85)67-63-59-55-51-47-44-40-35-31-27-23-19-15-11-7-3/h9-10,13-14,16,20-23,25-28,32-37,40,77-79,84H,5-8,11-12,15,17-19,24,29-31,38-39,41-76H2,1-4H3,(H,89,90)(H,91,92)/b13-9-,14-10-,20-16-,25-21-,26-22-,27-23-,32-28-,36-33-,37-34-,40-35-. The van der Waals surface area contributed by atoms with Gasteiger partial charge in [-0.2, -0.15) is 0 Å². The van der Waals surface area contributed by atoms with Gasteiger partial charge in [-0.05, 0) is 148 Å². The highest BCUT2D eigenvalue weighted by atomic mass is 31.2. The number of ether oxygens (including phenoxy) is 4. The molecule has 0 saturated carbocycles. The van der Waals surface area contributed by atoms with Crippen LogP contribution in [0.2, 0.25) is 0 Å². The quantitative estimate of drug-likeness (QED) is 0.0169. The van der Waals surface area contributed by atoms with Gasteiger partial charge in [-0.15, -0.1) is 0 Å². The number of rotatable bonds is 74. The lowest BCUT2D eigenvalue weighted by Gasteiger charge is -2.21. The molecule has 0 aromatic heterocycles. The number of phosphoric ester groups is 2. The summed E-state index contributed by atoms with van der Waals surface area (Å²) >= 11 is 0. The van der Waals surface area contributed by atoms with Crippen molar-refractivity contribution in [1.29, 1.82) is 0 Å². The second-order valence-corrected chi connectivity index (χ2v) is 29.1. The maximum Gasteiger partial charge on any atom is 0.472 e. The smallest absolute Gasteiger partial charge is 0.462 e. The Kier molecular flexibility index (Phi) is 71.4. The summed E-state index contributed by atoms with van der Waals surface area (Å²) in [6.45, 7) is 4.53. The summed E-state index contributed by atoms with van der Waals surface area (Å²) in [6, 6.07) is 0. The zero-order chi connectivity index (χ0) is 74.6. The third-order valence-electron chi connectivity index (χ3n) is 16.4. The molecular formula is C83H142O17P2. The van der Waals surface area contributed by atoms with E-state index in [2.05, 4.69) is 149 Å². The maximum absolute atomic E-state index is 13.1. The first kappa shape index (κ1) is 97.5. The predicted molar refractivity (Wildman–Crippen MR) is 418 cm³/mol. The Balaban J connectivity index is 5.38. The van der Waals surface area contributed by atoms with E-state index in [4.69, 9.17) is 37.0 Å². The molecule has 5 atom stereocenters. The highest BCUT2D eigenvalue weighted by Gasteiger charge is 2.30. The lowest BCUT2D eigenvalue weighted by Crippen LogP contribution is -2.30. The third kappa shape index (κ3) is 73.8. The van der Waals surface area contributed by atoms with Crippen LogP contribution in [0.4, 0.5) is 0 Å². The van der Waals surface area contributed by atoms with Crippen LogP contribution in [0.3, 0.4) is 0 Å². The Morgan fingerprint density at radius 1 is 0.284 bits per heavy atom. The Hall–Kier alpha value is -4.54. The van der Waals surface area contributed by atoms with Gasteiger partial charge in [-0.1, -0.05) is 271 Å². The van der Waals surface area contributed by atoms with E-state index < -0.39 is 97.5 Å². The first-order valence-corrected chi connectivity index (χ1v) is 42.8. The van der Waals surface area contributed by atoms with Crippen LogP contribution in [0.25, 0.3) is 0 Å². The molecule has 0 fully saturated rings. The lowest BCUT2D eigenvalue weighted by atomic mass is 10.1. The van der Waals surface area contributed by atoms with Crippen LogP contribution in [0, 0.1) is 0 Å². The second kappa shape index (κ2) is 74.7. The van der Waals surface area contributed by atoms with Crippen LogP contribution >= 0.6 is 15.6 Å². The highest BCUT2D eigenvalue weighted by molar-refractivity contribution is 7.47. The fourth-order valence-corrected chi connectivity index (χ4v) is 12.0. The minimum atomic E-state index is -4.99. The van der Waals surface area contributed by atoms with Crippen LogP contribution in [0.15, 0.2) is 122 Å². The summed E-state index contributed by atoms with van der Waals surface area (Å²) in [5, 5.41) is 10.6. The molecule has 0 amide bonds. The van der Waals surface area contributed by atoms with E-state index in [-0.39, 0.29) is 25.7 Å². The van der Waals surface area contributed by atoms with Gasteiger partial charge in [0.05, 0.1) is 26.4 Å². The Bertz CT molecular complexity index is 2410. The molecule has 0 rings (SSSR count). The molecule has 0 bridgehead atoms. The third-order valence-corrected chi connectivity index (χ3v) is 18.3. The van der Waals surface area contributed by atoms with E-state index in [1.807, 2.05) is 0 Å². The molecule has 102 heavy (non-hydrogen) atoms. The van der Waals surface area contributed by atoms with Crippen molar-refractivity contribution in [2.45, 2.75) is 341 Å². The largest absolute Gasteiger partial charge is 0.472 e. The molecule has 17 nitrogen and oxygen atoms in total. The van der Waals surface area contributed by atoms with E-state index in [0.29, 0.717) is 25.7 Å². The van der Waals surface area contributed by atoms with Gasteiger partial charge in [0, 0.05) is 25.7 Å². The summed E-state index contributed by atoms with van der Waals surface area (Å²) in [4.78, 5) is 73.0. The van der Waals surface area contributed by atoms with E-state index in [1.54, 1.807) is 0 Å². The Morgan fingerprint density at radius 2 is 0.529 bits per heavy atom. The summed E-state index contributed by atoms with van der Waals surface area (Å²) in [7, 11) is -9.97. The van der Waals surface area contributed by atoms with Crippen molar-refractivity contribution < 1.29 is 80.2 Å². The summed E-state index contributed by atoms with van der Waals surface area (Å²) < 4.78 is 68.6. The Labute approximate surface area is 619 Å². The molecule has 0 saturated heterocycles. The average molecular weight is 1470 g/mol. The van der Waals surface area contributed by atoms with Crippen LogP contribution in [0.5, 0.6) is 0 Å². The van der Waals surface area contributed by atoms with Crippen LogP contribution < -0.4 is 0 Å². The lowest BCUT2D eigenvalue weighted by molar-refractivity contribution is -0.161. The number of allylic oxidation sites excluding steroid dienone is 20. The second-order valence-electron chi connectivity index (χ2n) is 26.2. The maximum atomic E-state index is 13.1. The number of aliphatic hydroxyl groups is 1. The minimum Gasteiger partial charge on any atom is -0.462 e. The van der Waals surface area contributed by atoms with E-state index in [0.717, 1.165) is 225 Å². The average Bonchev–Trinajstić information content (AvgIpc) is 0.959. The van der Waals surface area contributed by atoms with E-state index in [9.17, 15) is 43.2 Å². The molecule has 0 aliphatic rings. The first-order chi connectivity index (χ1) is 49.7. The molecule has 0 aliphatic carbocycles. The summed E-state index contributed by atoms with van der Waals surface area (Å²) in [5.41, 5.74) is 0. The van der Waals surface area contributed by atoms with Crippen LogP contribution in [-0.4, -0.2) is 96.7 Å². The molecule has 0 radical (unpaired) electrons. The van der Waals surface area contributed by atoms with Gasteiger partial charge in [-0.25, -0.2) is 9.13 Å². The number of carbonyl (C=O) groups excluding carboxylic acids is 4. The molecule has 19 heteroatoms. The molecule has 0 aliphatic heterocycles. The van der Waals surface area contributed by atoms with Gasteiger partial charge in [0.2, 0.25) is 0 Å². The van der Waals surface area contributed by atoms with Crippen LogP contribution in [-0.2, 0) is 65.4 Å². The van der Waals surface area contributed by atoms with Crippen molar-refractivity contribution >= 4 is 39.5 Å². The number of unbranched alkanes of at least 4 members (excludes halogenated alkanes) is 28. The van der Waals surface area contributed by atoms with Crippen LogP contribution in [0.1, 0.15) is 323 Å². The van der Waals surface area contributed by atoms with Crippen molar-refractivity contribution in [2.75, 3.05) is 39.6 Å². The van der Waals surface area contributed by atoms with Crippen molar-refractivity contribution in [2.24, 2.45) is 0 Å². The summed E-state index contributed by atoms with van der Waals surface area (Å²) in [5.74, 6) is -2.22. The molecule has 0 spiro atoms. The topological polar surface area (TPSA) is 237 Å². The number of hydrogen-bond donors (Lipinski definition) is 3. The molecule has 3 N–H and O–H groups in total.